The quantitative estimate of drug-likeness (QED) is 0.179. The van der Waals surface area contributed by atoms with Gasteiger partial charge in [-0.25, -0.2) is 0 Å². The molecule has 0 atom stereocenters. The average molecular weight is 457 g/mol. The van der Waals surface area contributed by atoms with E-state index in [1.807, 2.05) is 73.1 Å². The number of benzene rings is 3. The standard InChI is InChI=1S/C24H20N6S2/c31-23(29-19-5-1-3-15-11-13-25-21(15)19)27-17-7-9-18(10-8-17)28-24(32)30-20-6-2-4-16-12-14-26-22(16)20/h1-14,25-26H,(H2,27,29,31)(H2,28,30,32). The molecule has 5 aromatic rings. The van der Waals surface area contributed by atoms with E-state index in [0.717, 1.165) is 44.6 Å². The Kier molecular flexibility index (Phi) is 5.45. The summed E-state index contributed by atoms with van der Waals surface area (Å²) in [5.41, 5.74) is 5.65. The van der Waals surface area contributed by atoms with Crippen LogP contribution in [0.5, 0.6) is 0 Å². The average Bonchev–Trinajstić information content (AvgIpc) is 3.45. The Morgan fingerprint density at radius 1 is 0.531 bits per heavy atom. The molecule has 0 radical (unpaired) electrons. The Morgan fingerprint density at radius 3 is 1.41 bits per heavy atom. The highest BCUT2D eigenvalue weighted by atomic mass is 32.1. The van der Waals surface area contributed by atoms with E-state index in [1.165, 1.54) is 0 Å². The lowest BCUT2D eigenvalue weighted by molar-refractivity contribution is 1.47. The highest BCUT2D eigenvalue weighted by molar-refractivity contribution is 7.81. The molecule has 158 valence electrons. The number of hydrogen-bond acceptors (Lipinski definition) is 2. The van der Waals surface area contributed by atoms with Crippen molar-refractivity contribution in [2.45, 2.75) is 0 Å². The first-order valence-electron chi connectivity index (χ1n) is 10.0. The van der Waals surface area contributed by atoms with E-state index in [0.29, 0.717) is 10.2 Å². The molecule has 3 aromatic carbocycles. The van der Waals surface area contributed by atoms with Crippen LogP contribution in [-0.2, 0) is 0 Å². The van der Waals surface area contributed by atoms with Crippen molar-refractivity contribution in [3.05, 3.63) is 85.2 Å². The summed E-state index contributed by atoms with van der Waals surface area (Å²) >= 11 is 11.0. The van der Waals surface area contributed by atoms with Crippen molar-refractivity contribution in [3.8, 4) is 0 Å². The summed E-state index contributed by atoms with van der Waals surface area (Å²) in [6.45, 7) is 0. The third kappa shape index (κ3) is 4.27. The number of H-pyrrole nitrogens is 2. The van der Waals surface area contributed by atoms with Crippen LogP contribution in [0, 0.1) is 0 Å². The summed E-state index contributed by atoms with van der Waals surface area (Å²) in [5.74, 6) is 0. The molecule has 0 bridgehead atoms. The molecule has 32 heavy (non-hydrogen) atoms. The molecule has 2 heterocycles. The van der Waals surface area contributed by atoms with Crippen LogP contribution in [0.15, 0.2) is 85.2 Å². The zero-order chi connectivity index (χ0) is 21.9. The van der Waals surface area contributed by atoms with Gasteiger partial charge in [0, 0.05) is 34.5 Å². The number of nitrogens with one attached hydrogen (secondary N) is 6. The van der Waals surface area contributed by atoms with Gasteiger partial charge in [-0.15, -0.1) is 0 Å². The Morgan fingerprint density at radius 2 is 0.969 bits per heavy atom. The number of hydrogen-bond donors (Lipinski definition) is 6. The minimum Gasteiger partial charge on any atom is -0.359 e. The van der Waals surface area contributed by atoms with E-state index in [9.17, 15) is 0 Å². The van der Waals surface area contributed by atoms with Gasteiger partial charge in [0.15, 0.2) is 10.2 Å². The second-order valence-corrected chi connectivity index (χ2v) is 8.05. The van der Waals surface area contributed by atoms with Gasteiger partial charge in [-0.1, -0.05) is 24.3 Å². The van der Waals surface area contributed by atoms with E-state index in [-0.39, 0.29) is 0 Å². The summed E-state index contributed by atoms with van der Waals surface area (Å²) in [5, 5.41) is 16.2. The molecular weight excluding hydrogens is 436 g/mol. The van der Waals surface area contributed by atoms with E-state index >= 15 is 0 Å². The number of fused-ring (bicyclic) bond motifs is 2. The lowest BCUT2D eigenvalue weighted by atomic mass is 10.2. The van der Waals surface area contributed by atoms with Gasteiger partial charge >= 0.3 is 0 Å². The molecule has 6 nitrogen and oxygen atoms in total. The summed E-state index contributed by atoms with van der Waals surface area (Å²) in [6.07, 6.45) is 3.83. The molecule has 0 aliphatic heterocycles. The normalized spacial score (nSPS) is 10.8. The van der Waals surface area contributed by atoms with Crippen LogP contribution in [0.2, 0.25) is 0 Å². The molecule has 0 saturated carbocycles. The predicted molar refractivity (Wildman–Crippen MR) is 143 cm³/mol. The van der Waals surface area contributed by atoms with Gasteiger partial charge in [0.25, 0.3) is 0 Å². The Labute approximate surface area is 195 Å². The lowest BCUT2D eigenvalue weighted by Gasteiger charge is -2.13. The number of aromatic nitrogens is 2. The smallest absolute Gasteiger partial charge is 0.175 e. The molecule has 0 unspecified atom stereocenters. The fourth-order valence-corrected chi connectivity index (χ4v) is 4.04. The molecule has 0 aliphatic carbocycles. The second kappa shape index (κ2) is 8.70. The minimum absolute atomic E-state index is 0.518. The summed E-state index contributed by atoms with van der Waals surface area (Å²) in [7, 11) is 0. The van der Waals surface area contributed by atoms with Crippen molar-refractivity contribution in [3.63, 3.8) is 0 Å². The molecule has 8 heteroatoms. The molecule has 0 saturated heterocycles. The van der Waals surface area contributed by atoms with Gasteiger partial charge in [-0.05, 0) is 73.0 Å². The number of rotatable bonds is 4. The summed E-state index contributed by atoms with van der Waals surface area (Å²) < 4.78 is 0. The lowest BCUT2D eigenvalue weighted by Crippen LogP contribution is -2.20. The maximum Gasteiger partial charge on any atom is 0.175 e. The number of para-hydroxylation sites is 2. The molecule has 0 aliphatic rings. The van der Waals surface area contributed by atoms with E-state index in [1.54, 1.807) is 0 Å². The van der Waals surface area contributed by atoms with E-state index < -0.39 is 0 Å². The summed E-state index contributed by atoms with van der Waals surface area (Å²) in [4.78, 5) is 6.46. The third-order valence-electron chi connectivity index (χ3n) is 5.07. The van der Waals surface area contributed by atoms with Crippen molar-refractivity contribution in [2.24, 2.45) is 0 Å². The Balaban J connectivity index is 1.19. The minimum atomic E-state index is 0.518. The van der Waals surface area contributed by atoms with Gasteiger partial charge < -0.3 is 31.2 Å². The number of aromatic amines is 2. The largest absolute Gasteiger partial charge is 0.359 e. The zero-order valence-corrected chi connectivity index (χ0v) is 18.5. The fraction of sp³-hybridized carbons (Fsp3) is 0. The predicted octanol–water partition coefficient (Wildman–Crippen LogP) is 6.27. The molecular formula is C24H20N6S2. The van der Waals surface area contributed by atoms with Crippen LogP contribution in [0.1, 0.15) is 0 Å². The molecule has 5 rings (SSSR count). The fourth-order valence-electron chi connectivity index (χ4n) is 3.58. The van der Waals surface area contributed by atoms with Crippen molar-refractivity contribution >= 4 is 79.2 Å². The van der Waals surface area contributed by atoms with E-state index in [4.69, 9.17) is 24.4 Å². The van der Waals surface area contributed by atoms with Gasteiger partial charge in [0.1, 0.15) is 0 Å². The highest BCUT2D eigenvalue weighted by Crippen LogP contribution is 2.23. The monoisotopic (exact) mass is 456 g/mol. The molecule has 0 spiro atoms. The van der Waals surface area contributed by atoms with Crippen molar-refractivity contribution in [1.82, 2.24) is 9.97 Å². The summed E-state index contributed by atoms with van der Waals surface area (Å²) in [6, 6.07) is 23.9. The molecule has 2 aromatic heterocycles. The van der Waals surface area contributed by atoms with Crippen LogP contribution in [0.4, 0.5) is 22.7 Å². The second-order valence-electron chi connectivity index (χ2n) is 7.23. The first-order valence-corrected chi connectivity index (χ1v) is 10.9. The van der Waals surface area contributed by atoms with Crippen LogP contribution in [0.25, 0.3) is 21.8 Å². The molecule has 0 amide bonds. The number of anilines is 4. The highest BCUT2D eigenvalue weighted by Gasteiger charge is 2.06. The maximum absolute atomic E-state index is 5.48. The zero-order valence-electron chi connectivity index (χ0n) is 16.9. The van der Waals surface area contributed by atoms with Crippen LogP contribution >= 0.6 is 24.4 Å². The molecule has 6 N–H and O–H groups in total. The Bertz CT molecular complexity index is 1310. The maximum atomic E-state index is 5.48. The topological polar surface area (TPSA) is 79.7 Å². The SMILES string of the molecule is S=C(Nc1ccc(NC(=S)Nc2cccc3cc[nH]c23)cc1)Nc1cccc2cc[nH]c12. The van der Waals surface area contributed by atoms with Crippen LogP contribution < -0.4 is 21.3 Å². The van der Waals surface area contributed by atoms with Gasteiger partial charge in [0.2, 0.25) is 0 Å². The number of thiocarbonyl (C=S) groups is 2. The van der Waals surface area contributed by atoms with Crippen molar-refractivity contribution in [2.75, 3.05) is 21.3 Å². The van der Waals surface area contributed by atoms with Gasteiger partial charge in [-0.3, -0.25) is 0 Å². The van der Waals surface area contributed by atoms with Crippen LogP contribution in [-0.4, -0.2) is 20.2 Å². The van der Waals surface area contributed by atoms with Crippen molar-refractivity contribution < 1.29 is 0 Å². The van der Waals surface area contributed by atoms with Gasteiger partial charge in [-0.2, -0.15) is 0 Å². The first kappa shape index (κ1) is 20.0. The van der Waals surface area contributed by atoms with E-state index in [2.05, 4.69) is 43.4 Å². The Hall–Kier alpha value is -3.88. The third-order valence-corrected chi connectivity index (χ3v) is 5.48. The van der Waals surface area contributed by atoms with Crippen LogP contribution in [0.3, 0.4) is 0 Å². The van der Waals surface area contributed by atoms with Crippen molar-refractivity contribution in [1.29, 1.82) is 0 Å². The molecule has 0 fully saturated rings. The first-order chi connectivity index (χ1) is 15.7. The van der Waals surface area contributed by atoms with Gasteiger partial charge in [0.05, 0.1) is 22.4 Å².